The molecule has 0 unspecified atom stereocenters. The number of fused-ring (bicyclic) bond motifs is 1. The fourth-order valence-electron chi connectivity index (χ4n) is 4.23. The molecule has 2 aromatic heterocycles. The second-order valence-corrected chi connectivity index (χ2v) is 7.38. The first-order valence-electron chi connectivity index (χ1n) is 9.34. The van der Waals surface area contributed by atoms with E-state index in [4.69, 9.17) is 4.98 Å². The largest absolute Gasteiger partial charge is 0.332 e. The zero-order chi connectivity index (χ0) is 17.4. The van der Waals surface area contributed by atoms with Gasteiger partial charge in [0.2, 0.25) is 11.9 Å². The Morgan fingerprint density at radius 1 is 1.24 bits per heavy atom. The molecule has 25 heavy (non-hydrogen) atoms. The molecule has 2 aliphatic rings. The Kier molecular flexibility index (Phi) is 4.31. The SMILES string of the molecule is Cc1nc(NC(=O)[C@H]2CCn3c(cnc3C3CCCCC3)C2)n(C)n1. The highest BCUT2D eigenvalue weighted by molar-refractivity contribution is 5.91. The van der Waals surface area contributed by atoms with Gasteiger partial charge in [0.1, 0.15) is 11.6 Å². The minimum Gasteiger partial charge on any atom is -0.332 e. The van der Waals surface area contributed by atoms with Crippen LogP contribution in [-0.2, 0) is 24.8 Å². The molecule has 0 radical (unpaired) electrons. The Labute approximate surface area is 147 Å². The predicted molar refractivity (Wildman–Crippen MR) is 94.2 cm³/mol. The van der Waals surface area contributed by atoms with Crippen LogP contribution in [0.4, 0.5) is 5.95 Å². The van der Waals surface area contributed by atoms with Crippen LogP contribution in [0.5, 0.6) is 0 Å². The summed E-state index contributed by atoms with van der Waals surface area (Å²) in [5, 5.41) is 7.10. The highest BCUT2D eigenvalue weighted by Crippen LogP contribution is 2.34. The van der Waals surface area contributed by atoms with Crippen molar-refractivity contribution in [3.8, 4) is 0 Å². The summed E-state index contributed by atoms with van der Waals surface area (Å²) in [6.45, 7) is 2.71. The minimum absolute atomic E-state index is 0.0274. The lowest BCUT2D eigenvalue weighted by Crippen LogP contribution is -2.31. The third-order valence-corrected chi connectivity index (χ3v) is 5.57. The molecule has 1 fully saturated rings. The van der Waals surface area contributed by atoms with Crippen LogP contribution in [0, 0.1) is 12.8 Å². The average Bonchev–Trinajstić information content (AvgIpc) is 3.18. The van der Waals surface area contributed by atoms with Crippen molar-refractivity contribution >= 4 is 11.9 Å². The molecule has 0 spiro atoms. The molecule has 1 N–H and O–H groups in total. The van der Waals surface area contributed by atoms with E-state index in [9.17, 15) is 4.79 Å². The van der Waals surface area contributed by atoms with Gasteiger partial charge in [0, 0.05) is 43.7 Å². The van der Waals surface area contributed by atoms with Crippen molar-refractivity contribution in [2.75, 3.05) is 5.32 Å². The van der Waals surface area contributed by atoms with Crippen LogP contribution in [0.15, 0.2) is 6.20 Å². The highest BCUT2D eigenvalue weighted by atomic mass is 16.2. The number of hydrogen-bond donors (Lipinski definition) is 1. The summed E-state index contributed by atoms with van der Waals surface area (Å²) in [5.41, 5.74) is 1.20. The second-order valence-electron chi connectivity index (χ2n) is 7.38. The highest BCUT2D eigenvalue weighted by Gasteiger charge is 2.29. The summed E-state index contributed by atoms with van der Waals surface area (Å²) in [5.74, 6) is 3.04. The first kappa shape index (κ1) is 16.3. The van der Waals surface area contributed by atoms with Gasteiger partial charge in [-0.05, 0) is 26.2 Å². The molecule has 7 heteroatoms. The Bertz CT molecular complexity index is 771. The minimum atomic E-state index is -0.0274. The van der Waals surface area contributed by atoms with Crippen LogP contribution >= 0.6 is 0 Å². The number of aromatic nitrogens is 5. The Morgan fingerprint density at radius 3 is 2.76 bits per heavy atom. The number of nitrogens with one attached hydrogen (secondary N) is 1. The van der Waals surface area contributed by atoms with E-state index in [1.807, 2.05) is 13.1 Å². The normalized spacial score (nSPS) is 21.1. The first-order valence-corrected chi connectivity index (χ1v) is 9.34. The van der Waals surface area contributed by atoms with Gasteiger partial charge in [-0.1, -0.05) is 19.3 Å². The van der Waals surface area contributed by atoms with Gasteiger partial charge in [0.15, 0.2) is 0 Å². The van der Waals surface area contributed by atoms with Gasteiger partial charge < -0.3 is 4.57 Å². The zero-order valence-electron chi connectivity index (χ0n) is 15.0. The van der Waals surface area contributed by atoms with Gasteiger partial charge >= 0.3 is 0 Å². The van der Waals surface area contributed by atoms with Crippen LogP contribution in [-0.4, -0.2) is 30.2 Å². The van der Waals surface area contributed by atoms with Gasteiger partial charge in [-0.25, -0.2) is 9.67 Å². The molecule has 0 saturated heterocycles. The van der Waals surface area contributed by atoms with E-state index in [0.717, 1.165) is 19.4 Å². The number of nitrogens with zero attached hydrogens (tertiary/aromatic N) is 5. The van der Waals surface area contributed by atoms with E-state index in [1.165, 1.54) is 43.6 Å². The van der Waals surface area contributed by atoms with Crippen LogP contribution in [0.25, 0.3) is 0 Å². The van der Waals surface area contributed by atoms with E-state index in [0.29, 0.717) is 17.7 Å². The summed E-state index contributed by atoms with van der Waals surface area (Å²) in [6, 6.07) is 0. The third-order valence-electron chi connectivity index (χ3n) is 5.57. The van der Waals surface area contributed by atoms with Crippen LogP contribution < -0.4 is 5.32 Å². The van der Waals surface area contributed by atoms with Crippen molar-refractivity contribution in [2.24, 2.45) is 13.0 Å². The van der Waals surface area contributed by atoms with Gasteiger partial charge in [-0.15, -0.1) is 0 Å². The number of aryl methyl sites for hydroxylation is 2. The monoisotopic (exact) mass is 342 g/mol. The molecule has 3 heterocycles. The summed E-state index contributed by atoms with van der Waals surface area (Å²) >= 11 is 0. The molecule has 1 amide bonds. The number of amides is 1. The maximum Gasteiger partial charge on any atom is 0.230 e. The summed E-state index contributed by atoms with van der Waals surface area (Å²) < 4.78 is 3.98. The van der Waals surface area contributed by atoms with Crippen LogP contribution in [0.3, 0.4) is 0 Å². The van der Waals surface area contributed by atoms with E-state index in [2.05, 4.69) is 20.0 Å². The fraction of sp³-hybridized carbons (Fsp3) is 0.667. The van der Waals surface area contributed by atoms with Crippen molar-refractivity contribution < 1.29 is 4.79 Å². The van der Waals surface area contributed by atoms with Gasteiger partial charge in [0.25, 0.3) is 0 Å². The quantitative estimate of drug-likeness (QED) is 0.930. The number of anilines is 1. The van der Waals surface area contributed by atoms with Crippen LogP contribution in [0.2, 0.25) is 0 Å². The molecule has 1 atom stereocenters. The molecule has 134 valence electrons. The number of imidazole rings is 1. The maximum atomic E-state index is 12.6. The number of carbonyl (C=O) groups excluding carboxylic acids is 1. The lowest BCUT2D eigenvalue weighted by Gasteiger charge is -2.27. The van der Waals surface area contributed by atoms with E-state index in [-0.39, 0.29) is 11.8 Å². The van der Waals surface area contributed by atoms with Crippen molar-refractivity contribution in [2.45, 2.75) is 64.3 Å². The molecule has 7 nitrogen and oxygen atoms in total. The molecule has 1 aliphatic heterocycles. The Morgan fingerprint density at radius 2 is 2.04 bits per heavy atom. The van der Waals surface area contributed by atoms with E-state index >= 15 is 0 Å². The summed E-state index contributed by atoms with van der Waals surface area (Å²) in [6.07, 6.45) is 10.1. The lowest BCUT2D eigenvalue weighted by atomic mass is 9.88. The molecule has 4 rings (SSSR count). The van der Waals surface area contributed by atoms with Crippen molar-refractivity contribution in [3.63, 3.8) is 0 Å². The molecule has 1 saturated carbocycles. The zero-order valence-corrected chi connectivity index (χ0v) is 15.0. The smallest absolute Gasteiger partial charge is 0.230 e. The summed E-state index contributed by atoms with van der Waals surface area (Å²) in [4.78, 5) is 21.6. The first-order chi connectivity index (χ1) is 12.1. The molecular formula is C18H26N6O. The number of rotatable bonds is 3. The summed E-state index contributed by atoms with van der Waals surface area (Å²) in [7, 11) is 1.79. The molecule has 0 bridgehead atoms. The Hall–Kier alpha value is -2.18. The fourth-order valence-corrected chi connectivity index (χ4v) is 4.23. The number of hydrogen-bond acceptors (Lipinski definition) is 4. The molecule has 0 aromatic carbocycles. The number of carbonyl (C=O) groups is 1. The van der Waals surface area contributed by atoms with Gasteiger partial charge in [-0.2, -0.15) is 10.1 Å². The predicted octanol–water partition coefficient (Wildman–Crippen LogP) is 2.57. The molecule has 1 aliphatic carbocycles. The van der Waals surface area contributed by atoms with Crippen molar-refractivity contribution in [1.29, 1.82) is 0 Å². The average molecular weight is 342 g/mol. The molecule has 2 aromatic rings. The lowest BCUT2D eigenvalue weighted by molar-refractivity contribution is -0.120. The van der Waals surface area contributed by atoms with E-state index < -0.39 is 0 Å². The third kappa shape index (κ3) is 3.19. The molecular weight excluding hydrogens is 316 g/mol. The van der Waals surface area contributed by atoms with Crippen molar-refractivity contribution in [1.82, 2.24) is 24.3 Å². The van der Waals surface area contributed by atoms with E-state index in [1.54, 1.807) is 11.7 Å². The Balaban J connectivity index is 1.45. The van der Waals surface area contributed by atoms with Crippen LogP contribution in [0.1, 0.15) is 61.8 Å². The second kappa shape index (κ2) is 6.61. The topological polar surface area (TPSA) is 77.6 Å². The van der Waals surface area contributed by atoms with Crippen molar-refractivity contribution in [3.05, 3.63) is 23.5 Å². The standard InChI is InChI=1S/C18H26N6O/c1-12-20-18(23(2)22-12)21-17(25)14-8-9-24-15(10-14)11-19-16(24)13-6-4-3-5-7-13/h11,13-14H,3-10H2,1-2H3,(H,20,21,22,25)/t14-/m0/s1. The van der Waals surface area contributed by atoms with Gasteiger partial charge in [0.05, 0.1) is 0 Å². The van der Waals surface area contributed by atoms with Gasteiger partial charge in [-0.3, -0.25) is 10.1 Å². The maximum absolute atomic E-state index is 12.6.